The smallest absolute Gasteiger partial charge is 0.222 e. The van der Waals surface area contributed by atoms with Gasteiger partial charge >= 0.3 is 0 Å². The largest absolute Gasteiger partial charge is 0.340 e. The van der Waals surface area contributed by atoms with Crippen LogP contribution in [-0.2, 0) is 11.3 Å². The fourth-order valence-corrected chi connectivity index (χ4v) is 3.32. The highest BCUT2D eigenvalue weighted by Gasteiger charge is 2.20. The average Bonchev–Trinajstić information content (AvgIpc) is 3.14. The van der Waals surface area contributed by atoms with Crippen molar-refractivity contribution in [3.63, 3.8) is 0 Å². The number of halogens is 1. The number of amides is 1. The van der Waals surface area contributed by atoms with Crippen molar-refractivity contribution in [1.82, 2.24) is 19.4 Å². The number of benzene rings is 1. The van der Waals surface area contributed by atoms with Crippen LogP contribution < -0.4 is 0 Å². The van der Waals surface area contributed by atoms with Crippen LogP contribution in [0.1, 0.15) is 12.8 Å². The summed E-state index contributed by atoms with van der Waals surface area (Å²) in [6.07, 6.45) is 5.23. The molecule has 0 saturated carbocycles. The fourth-order valence-electron chi connectivity index (χ4n) is 3.18. The molecule has 134 valence electrons. The third kappa shape index (κ3) is 4.83. The van der Waals surface area contributed by atoms with E-state index in [2.05, 4.69) is 26.6 Å². The van der Waals surface area contributed by atoms with E-state index in [1.807, 2.05) is 35.5 Å². The van der Waals surface area contributed by atoms with Gasteiger partial charge in [-0.2, -0.15) is 0 Å². The van der Waals surface area contributed by atoms with Crippen molar-refractivity contribution in [2.45, 2.75) is 19.4 Å². The van der Waals surface area contributed by atoms with Crippen LogP contribution >= 0.6 is 11.6 Å². The molecular formula is C19H25ClN4O. The van der Waals surface area contributed by atoms with E-state index in [1.165, 1.54) is 0 Å². The Labute approximate surface area is 154 Å². The lowest BCUT2D eigenvalue weighted by Gasteiger charge is -2.35. The highest BCUT2D eigenvalue weighted by molar-refractivity contribution is 6.17. The first kappa shape index (κ1) is 18.0. The van der Waals surface area contributed by atoms with Gasteiger partial charge < -0.3 is 9.47 Å². The second kappa shape index (κ2) is 9.02. The minimum absolute atomic E-state index is 0.237. The molecule has 1 aromatic heterocycles. The minimum atomic E-state index is 0.237. The zero-order chi connectivity index (χ0) is 17.5. The molecule has 6 heteroatoms. The molecule has 25 heavy (non-hydrogen) atoms. The molecule has 1 saturated heterocycles. The first-order valence-corrected chi connectivity index (χ1v) is 9.44. The molecule has 1 aliphatic rings. The van der Waals surface area contributed by atoms with E-state index in [1.54, 1.807) is 0 Å². The topological polar surface area (TPSA) is 41.4 Å². The Morgan fingerprint density at radius 1 is 1.08 bits per heavy atom. The van der Waals surface area contributed by atoms with Gasteiger partial charge in [-0.1, -0.05) is 30.3 Å². The Bertz CT molecular complexity index is 665. The van der Waals surface area contributed by atoms with E-state index < -0.39 is 0 Å². The standard InChI is InChI=1S/C19H25ClN4O/c20-8-4-7-18(25)23-14-11-22(12-15-23)13-16-24-10-9-21-19(24)17-5-2-1-3-6-17/h1-3,5-6,9-10H,4,7-8,11-16H2. The lowest BCUT2D eigenvalue weighted by Crippen LogP contribution is -2.49. The molecule has 2 heterocycles. The van der Waals surface area contributed by atoms with E-state index in [4.69, 9.17) is 11.6 Å². The number of carbonyl (C=O) groups excluding carboxylic acids is 1. The normalized spacial score (nSPS) is 15.5. The summed E-state index contributed by atoms with van der Waals surface area (Å²) in [4.78, 5) is 20.9. The van der Waals surface area contributed by atoms with E-state index in [9.17, 15) is 4.79 Å². The maximum Gasteiger partial charge on any atom is 0.222 e. The van der Waals surface area contributed by atoms with Gasteiger partial charge in [-0.25, -0.2) is 4.98 Å². The molecule has 0 N–H and O–H groups in total. The average molecular weight is 361 g/mol. The summed E-state index contributed by atoms with van der Waals surface area (Å²) in [5.41, 5.74) is 1.14. The van der Waals surface area contributed by atoms with Crippen LogP contribution in [0.4, 0.5) is 0 Å². The second-order valence-corrected chi connectivity index (χ2v) is 6.70. The Hall–Kier alpha value is -1.85. The number of piperazine rings is 1. The number of hydrogen-bond donors (Lipinski definition) is 0. The van der Waals surface area contributed by atoms with Gasteiger partial charge in [0.15, 0.2) is 0 Å². The number of aromatic nitrogens is 2. The van der Waals surface area contributed by atoms with Crippen LogP contribution in [0.2, 0.25) is 0 Å². The third-order valence-electron chi connectivity index (χ3n) is 4.65. The monoisotopic (exact) mass is 360 g/mol. The van der Waals surface area contributed by atoms with Crippen LogP contribution in [0.3, 0.4) is 0 Å². The first-order valence-electron chi connectivity index (χ1n) is 8.90. The van der Waals surface area contributed by atoms with Gasteiger partial charge in [-0.15, -0.1) is 11.6 Å². The third-order valence-corrected chi connectivity index (χ3v) is 4.92. The second-order valence-electron chi connectivity index (χ2n) is 6.33. The van der Waals surface area contributed by atoms with Gasteiger partial charge in [-0.3, -0.25) is 9.69 Å². The molecule has 5 nitrogen and oxygen atoms in total. The first-order chi connectivity index (χ1) is 12.3. The van der Waals surface area contributed by atoms with Crippen LogP contribution in [0.15, 0.2) is 42.7 Å². The Morgan fingerprint density at radius 3 is 2.56 bits per heavy atom. The van der Waals surface area contributed by atoms with E-state index >= 15 is 0 Å². The fraction of sp³-hybridized carbons (Fsp3) is 0.474. The van der Waals surface area contributed by atoms with Gasteiger partial charge in [0.05, 0.1) is 0 Å². The highest BCUT2D eigenvalue weighted by Crippen LogP contribution is 2.17. The number of carbonyl (C=O) groups is 1. The van der Waals surface area contributed by atoms with Crippen molar-refractivity contribution >= 4 is 17.5 Å². The van der Waals surface area contributed by atoms with E-state index in [0.29, 0.717) is 12.3 Å². The molecule has 2 aromatic rings. The molecule has 0 aliphatic carbocycles. The number of imidazole rings is 1. The molecule has 1 aromatic carbocycles. The zero-order valence-electron chi connectivity index (χ0n) is 14.5. The summed E-state index contributed by atoms with van der Waals surface area (Å²) in [6, 6.07) is 10.3. The van der Waals surface area contributed by atoms with Gasteiger partial charge in [-0.05, 0) is 6.42 Å². The lowest BCUT2D eigenvalue weighted by molar-refractivity contribution is -0.132. The lowest BCUT2D eigenvalue weighted by atomic mass is 10.2. The van der Waals surface area contributed by atoms with Gasteiger partial charge in [0, 0.05) is 69.5 Å². The van der Waals surface area contributed by atoms with Crippen molar-refractivity contribution in [3.05, 3.63) is 42.7 Å². The van der Waals surface area contributed by atoms with Gasteiger partial charge in [0.25, 0.3) is 0 Å². The maximum absolute atomic E-state index is 12.0. The molecule has 1 aliphatic heterocycles. The highest BCUT2D eigenvalue weighted by atomic mass is 35.5. The summed E-state index contributed by atoms with van der Waals surface area (Å²) in [5, 5.41) is 0. The molecular weight excluding hydrogens is 336 g/mol. The molecule has 1 amide bonds. The minimum Gasteiger partial charge on any atom is -0.340 e. The number of rotatable bonds is 7. The summed E-state index contributed by atoms with van der Waals surface area (Å²) in [7, 11) is 0. The van der Waals surface area contributed by atoms with Crippen LogP contribution in [0, 0.1) is 0 Å². The predicted molar refractivity (Wildman–Crippen MR) is 101 cm³/mol. The van der Waals surface area contributed by atoms with Crippen molar-refractivity contribution in [2.75, 3.05) is 38.6 Å². The molecule has 3 rings (SSSR count). The molecule has 0 spiro atoms. The molecule has 0 radical (unpaired) electrons. The van der Waals surface area contributed by atoms with Crippen molar-refractivity contribution in [3.8, 4) is 11.4 Å². The quantitative estimate of drug-likeness (QED) is 0.713. The molecule has 0 bridgehead atoms. The van der Waals surface area contributed by atoms with Gasteiger partial charge in [0.1, 0.15) is 5.82 Å². The molecule has 0 unspecified atom stereocenters. The van der Waals surface area contributed by atoms with Crippen LogP contribution in [-0.4, -0.2) is 63.9 Å². The molecule has 1 fully saturated rings. The molecule has 0 atom stereocenters. The summed E-state index contributed by atoms with van der Waals surface area (Å²) in [5.74, 6) is 1.80. The number of hydrogen-bond acceptors (Lipinski definition) is 3. The van der Waals surface area contributed by atoms with Crippen LogP contribution in [0.25, 0.3) is 11.4 Å². The Morgan fingerprint density at radius 2 is 1.84 bits per heavy atom. The number of alkyl halides is 1. The van der Waals surface area contributed by atoms with Crippen molar-refractivity contribution in [2.24, 2.45) is 0 Å². The maximum atomic E-state index is 12.0. The summed E-state index contributed by atoms with van der Waals surface area (Å²) < 4.78 is 2.20. The Kier molecular flexibility index (Phi) is 6.48. The predicted octanol–water partition coefficient (Wildman–Crippen LogP) is 2.71. The summed E-state index contributed by atoms with van der Waals surface area (Å²) in [6.45, 7) is 5.38. The summed E-state index contributed by atoms with van der Waals surface area (Å²) >= 11 is 5.67. The van der Waals surface area contributed by atoms with Crippen molar-refractivity contribution < 1.29 is 4.79 Å². The van der Waals surface area contributed by atoms with E-state index in [0.717, 1.165) is 57.1 Å². The SMILES string of the molecule is O=C(CCCCl)N1CCN(CCn2ccnc2-c2ccccc2)CC1. The van der Waals surface area contributed by atoms with E-state index in [-0.39, 0.29) is 5.91 Å². The van der Waals surface area contributed by atoms with Crippen molar-refractivity contribution in [1.29, 1.82) is 0 Å². The van der Waals surface area contributed by atoms with Crippen LogP contribution in [0.5, 0.6) is 0 Å². The zero-order valence-corrected chi connectivity index (χ0v) is 15.2. The van der Waals surface area contributed by atoms with Gasteiger partial charge in [0.2, 0.25) is 5.91 Å². The number of nitrogens with zero attached hydrogens (tertiary/aromatic N) is 4. The Balaban J connectivity index is 1.48.